The van der Waals surface area contributed by atoms with Crippen LogP contribution < -0.4 is 0 Å². The molecule has 1 rings (SSSR count). The first kappa shape index (κ1) is 14.1. The number of terminal acetylenes is 1. The van der Waals surface area contributed by atoms with Crippen molar-refractivity contribution in [2.75, 3.05) is 6.54 Å². The van der Waals surface area contributed by atoms with E-state index in [9.17, 15) is 23.7 Å². The van der Waals surface area contributed by atoms with Crippen molar-refractivity contribution in [2.45, 2.75) is 11.3 Å². The van der Waals surface area contributed by atoms with Crippen LogP contribution in [0.4, 0.5) is 5.69 Å². The van der Waals surface area contributed by atoms with Gasteiger partial charge in [-0.15, -0.1) is 12.3 Å². The largest absolute Gasteiger partial charge is 0.299 e. The van der Waals surface area contributed by atoms with Crippen molar-refractivity contribution in [3.05, 3.63) is 34.4 Å². The topological polar surface area (TPSA) is 101 Å². The van der Waals surface area contributed by atoms with Gasteiger partial charge in [-0.25, -0.2) is 8.42 Å². The van der Waals surface area contributed by atoms with Crippen LogP contribution in [0, 0.1) is 22.5 Å². The van der Waals surface area contributed by atoms with Gasteiger partial charge in [-0.2, -0.15) is 0 Å². The highest BCUT2D eigenvalue weighted by Gasteiger charge is 2.22. The number of nitro groups is 1. The Morgan fingerprint density at radius 2 is 1.94 bits per heavy atom. The standard InChI is InChI=1S/C10H10N2O5S/c1-2-3-8-11(13)18(16,17)10-6-4-9(5-7-10)12(14)15/h1,4-7,13H,3,8H2. The van der Waals surface area contributed by atoms with Crippen molar-refractivity contribution in [1.29, 1.82) is 0 Å². The molecule has 0 radical (unpaired) electrons. The van der Waals surface area contributed by atoms with Gasteiger partial charge < -0.3 is 0 Å². The van der Waals surface area contributed by atoms with Gasteiger partial charge >= 0.3 is 0 Å². The minimum absolute atomic E-state index is 0.0582. The Morgan fingerprint density at radius 1 is 1.39 bits per heavy atom. The Morgan fingerprint density at radius 3 is 2.39 bits per heavy atom. The lowest BCUT2D eigenvalue weighted by Crippen LogP contribution is -2.28. The highest BCUT2D eigenvalue weighted by molar-refractivity contribution is 7.89. The first-order valence-corrected chi connectivity index (χ1v) is 6.23. The average Bonchev–Trinajstić information content (AvgIpc) is 2.35. The number of sulfonamides is 1. The fraction of sp³-hybridized carbons (Fsp3) is 0.200. The molecule has 0 aliphatic rings. The molecule has 96 valence electrons. The van der Waals surface area contributed by atoms with Gasteiger partial charge in [0.1, 0.15) is 0 Å². The van der Waals surface area contributed by atoms with E-state index in [2.05, 4.69) is 5.92 Å². The van der Waals surface area contributed by atoms with E-state index in [1.54, 1.807) is 0 Å². The summed E-state index contributed by atoms with van der Waals surface area (Å²) in [6, 6.07) is 4.18. The van der Waals surface area contributed by atoms with Crippen molar-refractivity contribution in [2.24, 2.45) is 0 Å². The molecule has 7 nitrogen and oxygen atoms in total. The predicted octanol–water partition coefficient (Wildman–Crippen LogP) is 0.998. The third-order valence-corrected chi connectivity index (χ3v) is 3.68. The smallest absolute Gasteiger partial charge is 0.269 e. The van der Waals surface area contributed by atoms with Crippen LogP contribution in [0.5, 0.6) is 0 Å². The molecular weight excluding hydrogens is 260 g/mol. The first-order chi connectivity index (χ1) is 8.39. The van der Waals surface area contributed by atoms with E-state index in [0.29, 0.717) is 0 Å². The SMILES string of the molecule is C#CCCN(O)S(=O)(=O)c1ccc([N+](=O)[O-])cc1. The molecule has 0 spiro atoms. The van der Waals surface area contributed by atoms with Crippen molar-refractivity contribution in [3.8, 4) is 12.3 Å². The molecule has 0 fully saturated rings. The molecule has 0 bridgehead atoms. The van der Waals surface area contributed by atoms with E-state index < -0.39 is 14.9 Å². The second-order valence-corrected chi connectivity index (χ2v) is 5.10. The van der Waals surface area contributed by atoms with Crippen LogP contribution in [-0.4, -0.2) is 29.6 Å². The van der Waals surface area contributed by atoms with Crippen molar-refractivity contribution >= 4 is 15.7 Å². The summed E-state index contributed by atoms with van der Waals surface area (Å²) in [7, 11) is -4.08. The Balaban J connectivity index is 2.99. The van der Waals surface area contributed by atoms with Gasteiger partial charge in [-0.3, -0.25) is 15.3 Å². The summed E-state index contributed by atoms with van der Waals surface area (Å²) in [6.45, 7) is -0.240. The molecule has 0 atom stereocenters. The second-order valence-electron chi connectivity index (χ2n) is 3.26. The summed E-state index contributed by atoms with van der Waals surface area (Å²) in [5.41, 5.74) is -0.234. The van der Waals surface area contributed by atoms with Crippen LogP contribution in [0.3, 0.4) is 0 Å². The van der Waals surface area contributed by atoms with E-state index in [0.717, 1.165) is 24.3 Å². The van der Waals surface area contributed by atoms with E-state index in [-0.39, 0.29) is 28.0 Å². The molecule has 0 heterocycles. The lowest BCUT2D eigenvalue weighted by molar-refractivity contribution is -0.384. The van der Waals surface area contributed by atoms with Gasteiger partial charge in [0.15, 0.2) is 0 Å². The van der Waals surface area contributed by atoms with E-state index in [1.807, 2.05) is 0 Å². The Bertz CT molecular complexity index is 573. The number of hydroxylamine groups is 1. The number of hydrogen-bond donors (Lipinski definition) is 1. The molecule has 0 unspecified atom stereocenters. The molecular formula is C10H10N2O5S. The summed E-state index contributed by atoms with van der Waals surface area (Å²) in [5, 5.41) is 19.8. The molecule has 1 aromatic carbocycles. The Kier molecular flexibility index (Phi) is 4.38. The number of hydrogen-bond acceptors (Lipinski definition) is 5. The summed E-state index contributed by atoms with van der Waals surface area (Å²) >= 11 is 0. The minimum Gasteiger partial charge on any atom is -0.299 e. The van der Waals surface area contributed by atoms with Gasteiger partial charge in [0.2, 0.25) is 0 Å². The maximum Gasteiger partial charge on any atom is 0.269 e. The van der Waals surface area contributed by atoms with Gasteiger partial charge in [0, 0.05) is 18.6 Å². The summed E-state index contributed by atoms with van der Waals surface area (Å²) in [6.07, 6.45) is 5.01. The van der Waals surface area contributed by atoms with Gasteiger partial charge in [-0.05, 0) is 12.1 Å². The molecule has 0 aliphatic carbocycles. The average molecular weight is 270 g/mol. The molecule has 0 aromatic heterocycles. The summed E-state index contributed by atoms with van der Waals surface area (Å²) in [5.74, 6) is 2.19. The number of rotatable bonds is 5. The van der Waals surface area contributed by atoms with Crippen molar-refractivity contribution in [3.63, 3.8) is 0 Å². The maximum absolute atomic E-state index is 11.8. The summed E-state index contributed by atoms with van der Waals surface area (Å²) in [4.78, 5) is 9.52. The normalized spacial score (nSPS) is 11.2. The van der Waals surface area contributed by atoms with Crippen LogP contribution in [0.25, 0.3) is 0 Å². The molecule has 1 N–H and O–H groups in total. The Hall–Kier alpha value is -1.95. The predicted molar refractivity (Wildman–Crippen MR) is 62.2 cm³/mol. The quantitative estimate of drug-likeness (QED) is 0.488. The third-order valence-electron chi connectivity index (χ3n) is 2.07. The number of nitrogens with zero attached hydrogens (tertiary/aromatic N) is 2. The molecule has 0 saturated carbocycles. The van der Waals surface area contributed by atoms with Crippen LogP contribution in [0.1, 0.15) is 6.42 Å². The lowest BCUT2D eigenvalue weighted by atomic mass is 10.3. The minimum atomic E-state index is -4.08. The van der Waals surface area contributed by atoms with Crippen LogP contribution in [0.15, 0.2) is 29.2 Å². The molecule has 8 heteroatoms. The van der Waals surface area contributed by atoms with Gasteiger partial charge in [0.25, 0.3) is 15.7 Å². The van der Waals surface area contributed by atoms with Crippen LogP contribution in [0.2, 0.25) is 0 Å². The zero-order chi connectivity index (χ0) is 13.8. The highest BCUT2D eigenvalue weighted by Crippen LogP contribution is 2.18. The van der Waals surface area contributed by atoms with Crippen molar-refractivity contribution < 1.29 is 18.5 Å². The van der Waals surface area contributed by atoms with Crippen LogP contribution in [-0.2, 0) is 10.0 Å². The zero-order valence-electron chi connectivity index (χ0n) is 9.18. The zero-order valence-corrected chi connectivity index (χ0v) is 10.0. The fourth-order valence-corrected chi connectivity index (χ4v) is 2.20. The fourth-order valence-electron chi connectivity index (χ4n) is 1.14. The van der Waals surface area contributed by atoms with Crippen LogP contribution >= 0.6 is 0 Å². The van der Waals surface area contributed by atoms with Gasteiger partial charge in [0.05, 0.1) is 16.4 Å². The Labute approximate surface area is 104 Å². The maximum atomic E-state index is 11.8. The highest BCUT2D eigenvalue weighted by atomic mass is 32.2. The molecule has 0 amide bonds. The number of benzene rings is 1. The van der Waals surface area contributed by atoms with Gasteiger partial charge in [-0.1, -0.05) is 4.47 Å². The number of nitro benzene ring substituents is 1. The van der Waals surface area contributed by atoms with Crippen molar-refractivity contribution in [1.82, 2.24) is 4.47 Å². The molecule has 18 heavy (non-hydrogen) atoms. The third kappa shape index (κ3) is 3.04. The lowest BCUT2D eigenvalue weighted by Gasteiger charge is -2.13. The van der Waals surface area contributed by atoms with E-state index in [4.69, 9.17) is 6.42 Å². The molecule has 0 aliphatic heterocycles. The monoisotopic (exact) mass is 270 g/mol. The second kappa shape index (κ2) is 5.59. The van der Waals surface area contributed by atoms with E-state index >= 15 is 0 Å². The molecule has 0 saturated heterocycles. The number of non-ortho nitro benzene ring substituents is 1. The first-order valence-electron chi connectivity index (χ1n) is 4.79. The molecule has 1 aromatic rings. The summed E-state index contributed by atoms with van der Waals surface area (Å²) < 4.78 is 23.6. The van der Waals surface area contributed by atoms with E-state index in [1.165, 1.54) is 0 Å².